The van der Waals surface area contributed by atoms with Gasteiger partial charge in [0.1, 0.15) is 5.75 Å². The molecule has 0 atom stereocenters. The van der Waals surface area contributed by atoms with E-state index < -0.39 is 0 Å². The standard InChI is InChI=1S/C17H24N2O3/c1-14(20)18-10-5-13-22-16-8-6-15(7-9-16)17(21)19-11-3-2-4-12-19/h6-9H,2-5,10-13H2,1H3,(H,18,20). The Labute approximate surface area is 131 Å². The molecule has 0 spiro atoms. The van der Waals surface area contributed by atoms with Crippen LogP contribution < -0.4 is 10.1 Å². The van der Waals surface area contributed by atoms with Crippen LogP contribution in [-0.2, 0) is 4.79 Å². The number of rotatable bonds is 6. The lowest BCUT2D eigenvalue weighted by molar-refractivity contribution is -0.118. The molecule has 0 aliphatic carbocycles. The fraction of sp³-hybridized carbons (Fsp3) is 0.529. The average Bonchev–Trinajstić information content (AvgIpc) is 2.55. The van der Waals surface area contributed by atoms with Gasteiger partial charge in [-0.25, -0.2) is 0 Å². The number of carbonyl (C=O) groups is 2. The molecule has 2 rings (SSSR count). The zero-order valence-electron chi connectivity index (χ0n) is 13.1. The summed E-state index contributed by atoms with van der Waals surface area (Å²) in [4.78, 5) is 25.0. The summed E-state index contributed by atoms with van der Waals surface area (Å²) in [7, 11) is 0. The lowest BCUT2D eigenvalue weighted by Gasteiger charge is -2.26. The van der Waals surface area contributed by atoms with Crippen LogP contribution in [0.25, 0.3) is 0 Å². The van der Waals surface area contributed by atoms with E-state index in [1.807, 2.05) is 29.2 Å². The van der Waals surface area contributed by atoms with Crippen molar-refractivity contribution >= 4 is 11.8 Å². The maximum absolute atomic E-state index is 12.3. The molecule has 1 saturated heterocycles. The van der Waals surface area contributed by atoms with E-state index in [4.69, 9.17) is 4.74 Å². The Morgan fingerprint density at radius 2 is 1.82 bits per heavy atom. The van der Waals surface area contributed by atoms with Gasteiger partial charge in [0.15, 0.2) is 0 Å². The minimum atomic E-state index is -0.0272. The van der Waals surface area contributed by atoms with Gasteiger partial charge < -0.3 is 15.0 Å². The van der Waals surface area contributed by atoms with E-state index in [1.54, 1.807) is 0 Å². The maximum Gasteiger partial charge on any atom is 0.253 e. The summed E-state index contributed by atoms with van der Waals surface area (Å²) in [5, 5.41) is 2.72. The first kappa shape index (κ1) is 16.3. The Morgan fingerprint density at radius 1 is 1.14 bits per heavy atom. The van der Waals surface area contributed by atoms with Gasteiger partial charge in [-0.1, -0.05) is 0 Å². The Balaban J connectivity index is 1.77. The quantitative estimate of drug-likeness (QED) is 0.820. The van der Waals surface area contributed by atoms with Crippen LogP contribution in [0.5, 0.6) is 5.75 Å². The van der Waals surface area contributed by atoms with Crippen molar-refractivity contribution in [1.29, 1.82) is 0 Å². The molecule has 1 aliphatic heterocycles. The molecule has 2 amide bonds. The summed E-state index contributed by atoms with van der Waals surface area (Å²) >= 11 is 0. The number of hydrogen-bond donors (Lipinski definition) is 1. The fourth-order valence-electron chi connectivity index (χ4n) is 2.50. The van der Waals surface area contributed by atoms with Crippen molar-refractivity contribution in [2.45, 2.75) is 32.6 Å². The number of benzene rings is 1. The molecule has 1 aromatic rings. The summed E-state index contributed by atoms with van der Waals surface area (Å²) in [6, 6.07) is 7.30. The van der Waals surface area contributed by atoms with Crippen LogP contribution in [-0.4, -0.2) is 43.0 Å². The minimum absolute atomic E-state index is 0.0272. The first-order valence-corrected chi connectivity index (χ1v) is 7.93. The van der Waals surface area contributed by atoms with E-state index in [9.17, 15) is 9.59 Å². The van der Waals surface area contributed by atoms with Gasteiger partial charge >= 0.3 is 0 Å². The highest BCUT2D eigenvalue weighted by molar-refractivity contribution is 5.94. The van der Waals surface area contributed by atoms with E-state index in [-0.39, 0.29) is 11.8 Å². The zero-order valence-corrected chi connectivity index (χ0v) is 13.1. The zero-order chi connectivity index (χ0) is 15.8. The number of nitrogens with one attached hydrogen (secondary N) is 1. The highest BCUT2D eigenvalue weighted by atomic mass is 16.5. The number of ether oxygens (including phenoxy) is 1. The highest BCUT2D eigenvalue weighted by Gasteiger charge is 2.17. The van der Waals surface area contributed by atoms with Crippen molar-refractivity contribution in [3.63, 3.8) is 0 Å². The van der Waals surface area contributed by atoms with Gasteiger partial charge in [-0.15, -0.1) is 0 Å². The summed E-state index contributed by atoms with van der Waals surface area (Å²) < 4.78 is 5.59. The van der Waals surface area contributed by atoms with Crippen molar-refractivity contribution in [3.05, 3.63) is 29.8 Å². The van der Waals surface area contributed by atoms with E-state index >= 15 is 0 Å². The Hall–Kier alpha value is -2.04. The summed E-state index contributed by atoms with van der Waals surface area (Å²) in [6.07, 6.45) is 4.17. The molecule has 1 heterocycles. The molecule has 1 N–H and O–H groups in total. The smallest absolute Gasteiger partial charge is 0.253 e. The average molecular weight is 304 g/mol. The number of hydrogen-bond acceptors (Lipinski definition) is 3. The summed E-state index contributed by atoms with van der Waals surface area (Å²) in [6.45, 7) is 4.37. The van der Waals surface area contributed by atoms with Gasteiger partial charge in [0.05, 0.1) is 6.61 Å². The first-order valence-electron chi connectivity index (χ1n) is 7.93. The molecular weight excluding hydrogens is 280 g/mol. The number of nitrogens with zero attached hydrogens (tertiary/aromatic N) is 1. The predicted molar refractivity (Wildman–Crippen MR) is 85.0 cm³/mol. The maximum atomic E-state index is 12.3. The number of likely N-dealkylation sites (tertiary alicyclic amines) is 1. The lowest BCUT2D eigenvalue weighted by Crippen LogP contribution is -2.35. The number of carbonyl (C=O) groups excluding carboxylic acids is 2. The Bertz CT molecular complexity index is 493. The second-order valence-corrected chi connectivity index (χ2v) is 5.56. The SMILES string of the molecule is CC(=O)NCCCOc1ccc(C(=O)N2CCCCC2)cc1. The van der Waals surface area contributed by atoms with Crippen molar-refractivity contribution < 1.29 is 14.3 Å². The summed E-state index contributed by atoms with van der Waals surface area (Å²) in [5.74, 6) is 0.829. The van der Waals surface area contributed by atoms with Crippen LogP contribution >= 0.6 is 0 Å². The molecule has 0 aromatic heterocycles. The normalized spacial score (nSPS) is 14.5. The van der Waals surface area contributed by atoms with Crippen molar-refractivity contribution in [2.75, 3.05) is 26.2 Å². The third-order valence-corrected chi connectivity index (χ3v) is 3.71. The van der Waals surface area contributed by atoms with E-state index in [1.165, 1.54) is 13.3 Å². The van der Waals surface area contributed by atoms with Gasteiger partial charge in [0, 0.05) is 32.1 Å². The molecule has 5 nitrogen and oxygen atoms in total. The minimum Gasteiger partial charge on any atom is -0.494 e. The van der Waals surface area contributed by atoms with E-state index in [0.29, 0.717) is 18.7 Å². The molecule has 1 fully saturated rings. The van der Waals surface area contributed by atoms with Crippen LogP contribution in [0.1, 0.15) is 43.0 Å². The Kier molecular flexibility index (Phi) is 6.25. The van der Waals surface area contributed by atoms with Crippen LogP contribution in [0.3, 0.4) is 0 Å². The van der Waals surface area contributed by atoms with Crippen molar-refractivity contribution in [3.8, 4) is 5.75 Å². The predicted octanol–water partition coefficient (Wildman–Crippen LogP) is 2.22. The largest absolute Gasteiger partial charge is 0.494 e. The molecule has 1 aliphatic rings. The molecule has 5 heteroatoms. The number of amides is 2. The van der Waals surface area contributed by atoms with Gasteiger partial charge in [0.25, 0.3) is 5.91 Å². The topological polar surface area (TPSA) is 58.6 Å². The van der Waals surface area contributed by atoms with E-state index in [0.717, 1.165) is 38.1 Å². The van der Waals surface area contributed by atoms with Gasteiger partial charge in [-0.2, -0.15) is 0 Å². The van der Waals surface area contributed by atoms with Gasteiger partial charge in [-0.3, -0.25) is 9.59 Å². The van der Waals surface area contributed by atoms with Crippen LogP contribution in [0.4, 0.5) is 0 Å². The third kappa shape index (κ3) is 5.06. The van der Waals surface area contributed by atoms with E-state index in [2.05, 4.69) is 5.32 Å². The lowest BCUT2D eigenvalue weighted by atomic mass is 10.1. The van der Waals surface area contributed by atoms with Crippen LogP contribution in [0.15, 0.2) is 24.3 Å². The molecule has 1 aromatic carbocycles. The van der Waals surface area contributed by atoms with Crippen molar-refractivity contribution in [1.82, 2.24) is 10.2 Å². The van der Waals surface area contributed by atoms with Gasteiger partial charge in [-0.05, 0) is 49.9 Å². The first-order chi connectivity index (χ1) is 10.7. The molecular formula is C17H24N2O3. The van der Waals surface area contributed by atoms with Gasteiger partial charge in [0.2, 0.25) is 5.91 Å². The monoisotopic (exact) mass is 304 g/mol. The second-order valence-electron chi connectivity index (χ2n) is 5.56. The highest BCUT2D eigenvalue weighted by Crippen LogP contribution is 2.16. The molecule has 22 heavy (non-hydrogen) atoms. The van der Waals surface area contributed by atoms with Crippen LogP contribution in [0, 0.1) is 0 Å². The molecule has 0 saturated carbocycles. The summed E-state index contributed by atoms with van der Waals surface area (Å²) in [5.41, 5.74) is 0.715. The van der Waals surface area contributed by atoms with Crippen LogP contribution in [0.2, 0.25) is 0 Å². The third-order valence-electron chi connectivity index (χ3n) is 3.71. The fourth-order valence-corrected chi connectivity index (χ4v) is 2.50. The number of piperidine rings is 1. The molecule has 0 radical (unpaired) electrons. The molecule has 120 valence electrons. The van der Waals surface area contributed by atoms with Crippen molar-refractivity contribution in [2.24, 2.45) is 0 Å². The Morgan fingerprint density at radius 3 is 2.45 bits per heavy atom. The molecule has 0 bridgehead atoms. The molecule has 0 unspecified atom stereocenters. The second kappa shape index (κ2) is 8.41.